The number of ether oxygens (including phenoxy) is 1. The lowest BCUT2D eigenvalue weighted by molar-refractivity contribution is 0.122. The number of aromatic nitrogens is 2. The molecule has 2 fully saturated rings. The molecule has 196 valence electrons. The van der Waals surface area contributed by atoms with E-state index in [9.17, 15) is 9.18 Å². The predicted molar refractivity (Wildman–Crippen MR) is 140 cm³/mol. The van der Waals surface area contributed by atoms with E-state index in [0.29, 0.717) is 50.0 Å². The number of halogens is 2. The second-order valence-electron chi connectivity index (χ2n) is 9.42. The number of carbonyl (C=O) groups excluding carboxylic acids is 1. The topological polar surface area (TPSA) is 85.9 Å². The van der Waals surface area contributed by atoms with Crippen molar-refractivity contribution in [3.05, 3.63) is 47.8 Å². The quantitative estimate of drug-likeness (QED) is 0.553. The van der Waals surface area contributed by atoms with E-state index in [4.69, 9.17) is 4.74 Å². The summed E-state index contributed by atoms with van der Waals surface area (Å²) in [5.74, 6) is -0.748. The number of carbonyl (C=O) groups is 1. The molecule has 5 rings (SSSR count). The number of anilines is 4. The maximum Gasteiger partial charge on any atom is 0.317 e. The molecule has 2 saturated heterocycles. The van der Waals surface area contributed by atoms with Gasteiger partial charge in [-0.15, -0.1) is 0 Å². The Balaban J connectivity index is 1.54. The number of hydrogen-bond donors (Lipinski definition) is 2. The molecule has 0 spiro atoms. The lowest BCUT2D eigenvalue weighted by Crippen LogP contribution is -2.56. The molecule has 1 atom stereocenters. The summed E-state index contributed by atoms with van der Waals surface area (Å²) in [6.07, 6.45) is 3.48. The summed E-state index contributed by atoms with van der Waals surface area (Å²) in [5, 5.41) is 6.25. The fourth-order valence-electron chi connectivity index (χ4n) is 5.09. The first-order chi connectivity index (χ1) is 17.9. The highest BCUT2D eigenvalue weighted by Gasteiger charge is 2.29. The van der Waals surface area contributed by atoms with E-state index < -0.39 is 11.6 Å². The van der Waals surface area contributed by atoms with Crippen LogP contribution in [-0.4, -0.2) is 79.9 Å². The minimum Gasteiger partial charge on any atom is -0.378 e. The van der Waals surface area contributed by atoms with Crippen molar-refractivity contribution in [2.75, 3.05) is 68.1 Å². The zero-order chi connectivity index (χ0) is 26.1. The SMILES string of the molecule is CNC(=O)N1CCN(c2nc3cc(F)cc(F)c3c(Nc3cncc(N4CCOCC4)c3)c2C)C[C@H]1C. The van der Waals surface area contributed by atoms with Crippen LogP contribution in [-0.2, 0) is 4.74 Å². The fourth-order valence-corrected chi connectivity index (χ4v) is 5.09. The van der Waals surface area contributed by atoms with Crippen LogP contribution >= 0.6 is 0 Å². The summed E-state index contributed by atoms with van der Waals surface area (Å²) < 4.78 is 34.8. The molecule has 2 aromatic heterocycles. The third-order valence-electron chi connectivity index (χ3n) is 6.99. The smallest absolute Gasteiger partial charge is 0.317 e. The van der Waals surface area contributed by atoms with Crippen molar-refractivity contribution in [2.45, 2.75) is 19.9 Å². The molecule has 0 radical (unpaired) electrons. The van der Waals surface area contributed by atoms with Gasteiger partial charge in [-0.3, -0.25) is 4.98 Å². The highest BCUT2D eigenvalue weighted by molar-refractivity contribution is 5.98. The molecule has 3 aromatic rings. The number of pyridine rings is 2. The van der Waals surface area contributed by atoms with Gasteiger partial charge >= 0.3 is 6.03 Å². The van der Waals surface area contributed by atoms with Crippen molar-refractivity contribution in [3.8, 4) is 0 Å². The number of urea groups is 1. The minimum absolute atomic E-state index is 0.0688. The van der Waals surface area contributed by atoms with Crippen molar-refractivity contribution < 1.29 is 18.3 Å². The number of nitrogens with one attached hydrogen (secondary N) is 2. The molecule has 0 unspecified atom stereocenters. The molecule has 1 aromatic carbocycles. The molecule has 0 bridgehead atoms. The van der Waals surface area contributed by atoms with E-state index in [2.05, 4.69) is 30.4 Å². The Bertz CT molecular complexity index is 1320. The van der Waals surface area contributed by atoms with E-state index in [1.807, 2.05) is 19.9 Å². The van der Waals surface area contributed by atoms with Gasteiger partial charge < -0.3 is 30.1 Å². The molecule has 9 nitrogen and oxygen atoms in total. The summed E-state index contributed by atoms with van der Waals surface area (Å²) in [4.78, 5) is 27.3. The summed E-state index contributed by atoms with van der Waals surface area (Å²) in [6.45, 7) is 8.27. The van der Waals surface area contributed by atoms with Crippen LogP contribution in [0.2, 0.25) is 0 Å². The second kappa shape index (κ2) is 10.3. The normalized spacial score (nSPS) is 18.3. The van der Waals surface area contributed by atoms with Crippen LogP contribution in [0.15, 0.2) is 30.6 Å². The van der Waals surface area contributed by atoms with Crippen LogP contribution in [0.25, 0.3) is 10.9 Å². The zero-order valence-corrected chi connectivity index (χ0v) is 21.2. The molecule has 37 heavy (non-hydrogen) atoms. The average molecular weight is 512 g/mol. The van der Waals surface area contributed by atoms with Crippen LogP contribution in [0.1, 0.15) is 12.5 Å². The van der Waals surface area contributed by atoms with Gasteiger partial charge in [-0.1, -0.05) is 0 Å². The molecule has 4 heterocycles. The van der Waals surface area contributed by atoms with Crippen molar-refractivity contribution in [2.24, 2.45) is 0 Å². The van der Waals surface area contributed by atoms with Crippen LogP contribution in [0.4, 0.5) is 36.5 Å². The summed E-state index contributed by atoms with van der Waals surface area (Å²) in [6, 6.07) is 3.89. The van der Waals surface area contributed by atoms with E-state index in [-0.39, 0.29) is 23.0 Å². The lowest BCUT2D eigenvalue weighted by Gasteiger charge is -2.40. The monoisotopic (exact) mass is 511 g/mol. The fraction of sp³-hybridized carbons (Fsp3) is 0.423. The van der Waals surface area contributed by atoms with Gasteiger partial charge in [-0.25, -0.2) is 18.6 Å². The lowest BCUT2D eigenvalue weighted by atomic mass is 10.1. The Morgan fingerprint density at radius 3 is 2.59 bits per heavy atom. The first-order valence-corrected chi connectivity index (χ1v) is 12.4. The summed E-state index contributed by atoms with van der Waals surface area (Å²) in [5.41, 5.74) is 3.09. The number of piperazine rings is 1. The second-order valence-corrected chi connectivity index (χ2v) is 9.42. The molecule has 11 heteroatoms. The summed E-state index contributed by atoms with van der Waals surface area (Å²) in [7, 11) is 1.61. The number of nitrogens with zero attached hydrogens (tertiary/aromatic N) is 5. The van der Waals surface area contributed by atoms with Crippen molar-refractivity contribution in [1.29, 1.82) is 0 Å². The van der Waals surface area contributed by atoms with Crippen molar-refractivity contribution in [3.63, 3.8) is 0 Å². The predicted octanol–water partition coefficient (Wildman–Crippen LogP) is 3.65. The highest BCUT2D eigenvalue weighted by Crippen LogP contribution is 2.37. The molecule has 2 aliphatic rings. The van der Waals surface area contributed by atoms with Gasteiger partial charge in [0.2, 0.25) is 0 Å². The van der Waals surface area contributed by atoms with Crippen LogP contribution in [0, 0.1) is 18.6 Å². The Morgan fingerprint density at radius 1 is 1.08 bits per heavy atom. The van der Waals surface area contributed by atoms with Crippen LogP contribution in [0.3, 0.4) is 0 Å². The summed E-state index contributed by atoms with van der Waals surface area (Å²) >= 11 is 0. The Kier molecular flexibility index (Phi) is 6.96. The number of benzene rings is 1. The van der Waals surface area contributed by atoms with Gasteiger partial charge in [0.25, 0.3) is 0 Å². The Labute approximate surface area is 214 Å². The van der Waals surface area contributed by atoms with Gasteiger partial charge in [-0.2, -0.15) is 0 Å². The standard InChI is InChI=1S/C26H31F2N7O2/c1-16-15-34(4-5-35(16)26(36)29-3)25-17(2)24(23-21(28)10-18(27)11-22(23)32-25)31-19-12-20(14-30-13-19)33-6-8-37-9-7-33/h10-14,16H,4-9,15H2,1-3H3,(H,29,36)(H,31,32)/t16-/m1/s1. The average Bonchev–Trinajstić information content (AvgIpc) is 2.90. The van der Waals surface area contributed by atoms with Gasteiger partial charge in [0, 0.05) is 63.5 Å². The van der Waals surface area contributed by atoms with E-state index >= 15 is 4.39 Å². The third kappa shape index (κ3) is 4.95. The number of hydrogen-bond acceptors (Lipinski definition) is 7. The molecule has 0 aliphatic carbocycles. The van der Waals surface area contributed by atoms with Crippen LogP contribution in [0.5, 0.6) is 0 Å². The molecule has 2 N–H and O–H groups in total. The maximum atomic E-state index is 15.2. The minimum atomic E-state index is -0.688. The van der Waals surface area contributed by atoms with Gasteiger partial charge in [0.1, 0.15) is 17.5 Å². The first kappa shape index (κ1) is 24.9. The van der Waals surface area contributed by atoms with E-state index in [1.165, 1.54) is 6.07 Å². The third-order valence-corrected chi connectivity index (χ3v) is 6.99. The Morgan fingerprint density at radius 2 is 1.86 bits per heavy atom. The number of amides is 2. The van der Waals surface area contributed by atoms with Crippen LogP contribution < -0.4 is 20.4 Å². The molecule has 2 aliphatic heterocycles. The number of morpholine rings is 1. The van der Waals surface area contributed by atoms with E-state index in [1.54, 1.807) is 24.3 Å². The number of fused-ring (bicyclic) bond motifs is 1. The van der Waals surface area contributed by atoms with E-state index in [0.717, 1.165) is 30.4 Å². The highest BCUT2D eigenvalue weighted by atomic mass is 19.1. The molecular weight excluding hydrogens is 480 g/mol. The molecular formula is C26H31F2N7O2. The van der Waals surface area contributed by atoms with Crippen molar-refractivity contribution >= 4 is 39.8 Å². The molecule has 2 amide bonds. The largest absolute Gasteiger partial charge is 0.378 e. The van der Waals surface area contributed by atoms with Gasteiger partial charge in [0.15, 0.2) is 0 Å². The zero-order valence-electron chi connectivity index (χ0n) is 21.2. The first-order valence-electron chi connectivity index (χ1n) is 12.4. The van der Waals surface area contributed by atoms with Gasteiger partial charge in [0.05, 0.1) is 53.6 Å². The Hall–Kier alpha value is -3.73. The maximum absolute atomic E-state index is 15.2. The van der Waals surface area contributed by atoms with Crippen molar-refractivity contribution in [1.82, 2.24) is 20.2 Å². The molecule has 0 saturated carbocycles. The van der Waals surface area contributed by atoms with Gasteiger partial charge in [-0.05, 0) is 19.9 Å². The number of rotatable bonds is 4.